The van der Waals surface area contributed by atoms with E-state index in [4.69, 9.17) is 4.42 Å². The van der Waals surface area contributed by atoms with Crippen LogP contribution in [0, 0.1) is 18.7 Å². The summed E-state index contributed by atoms with van der Waals surface area (Å²) in [5, 5.41) is 8.40. The molecule has 0 saturated carbocycles. The molecule has 10 heteroatoms. The molecule has 0 N–H and O–H groups in total. The van der Waals surface area contributed by atoms with Crippen molar-refractivity contribution in [2.75, 3.05) is 24.5 Å². The summed E-state index contributed by atoms with van der Waals surface area (Å²) in [6.45, 7) is 3.89. The summed E-state index contributed by atoms with van der Waals surface area (Å²) in [4.78, 5) is 27.4. The third kappa shape index (κ3) is 3.10. The van der Waals surface area contributed by atoms with Gasteiger partial charge in [-0.3, -0.25) is 4.79 Å². The molecular weight excluding hydrogens is 413 g/mol. The SMILES string of the molecule is Cc1ccc(-n2nccn2)c(C(=O)N2CC3CC(C2)N(c2nc4cc(F)cnc4o2)C3)c1. The van der Waals surface area contributed by atoms with Gasteiger partial charge in [0, 0.05) is 25.7 Å². The van der Waals surface area contributed by atoms with Crippen LogP contribution >= 0.6 is 0 Å². The van der Waals surface area contributed by atoms with E-state index >= 15 is 0 Å². The Morgan fingerprint density at radius 1 is 1.16 bits per heavy atom. The van der Waals surface area contributed by atoms with Gasteiger partial charge < -0.3 is 14.2 Å². The highest BCUT2D eigenvalue weighted by Crippen LogP contribution is 2.35. The average Bonchev–Trinajstić information content (AvgIpc) is 3.51. The first kappa shape index (κ1) is 18.9. The molecule has 2 atom stereocenters. The Balaban J connectivity index is 1.28. The Bertz CT molecular complexity index is 1320. The van der Waals surface area contributed by atoms with Crippen LogP contribution in [0.4, 0.5) is 10.4 Å². The van der Waals surface area contributed by atoms with Crippen molar-refractivity contribution in [3.63, 3.8) is 0 Å². The molecule has 1 aromatic carbocycles. The highest BCUT2D eigenvalue weighted by Gasteiger charge is 2.42. The molecule has 2 saturated heterocycles. The number of nitrogens with zero attached hydrogens (tertiary/aromatic N) is 7. The minimum atomic E-state index is -0.449. The molecule has 0 aliphatic carbocycles. The molecule has 3 aromatic heterocycles. The maximum atomic E-state index is 13.6. The van der Waals surface area contributed by atoms with Crippen molar-refractivity contribution in [3.05, 3.63) is 59.8 Å². The molecule has 2 fully saturated rings. The lowest BCUT2D eigenvalue weighted by Crippen LogP contribution is -2.45. The van der Waals surface area contributed by atoms with E-state index in [1.54, 1.807) is 12.4 Å². The highest BCUT2D eigenvalue weighted by atomic mass is 19.1. The lowest BCUT2D eigenvalue weighted by Gasteiger charge is -2.32. The predicted molar refractivity (Wildman–Crippen MR) is 113 cm³/mol. The van der Waals surface area contributed by atoms with E-state index in [1.165, 1.54) is 10.9 Å². The normalized spacial score (nSPS) is 20.3. The number of hydrogen-bond acceptors (Lipinski definition) is 7. The molecule has 32 heavy (non-hydrogen) atoms. The molecule has 5 heterocycles. The maximum absolute atomic E-state index is 13.6. The van der Waals surface area contributed by atoms with Gasteiger partial charge >= 0.3 is 0 Å². The second-order valence-electron chi connectivity index (χ2n) is 8.43. The second-order valence-corrected chi connectivity index (χ2v) is 8.43. The van der Waals surface area contributed by atoms with Crippen molar-refractivity contribution >= 4 is 23.2 Å². The van der Waals surface area contributed by atoms with E-state index in [1.807, 2.05) is 30.0 Å². The van der Waals surface area contributed by atoms with Crippen molar-refractivity contribution < 1.29 is 13.6 Å². The highest BCUT2D eigenvalue weighted by molar-refractivity contribution is 5.98. The zero-order valence-corrected chi connectivity index (χ0v) is 17.3. The summed E-state index contributed by atoms with van der Waals surface area (Å²) >= 11 is 0. The van der Waals surface area contributed by atoms with Crippen LogP contribution in [0.1, 0.15) is 22.3 Å². The van der Waals surface area contributed by atoms with E-state index in [0.717, 1.165) is 24.7 Å². The van der Waals surface area contributed by atoms with Crippen molar-refractivity contribution in [2.24, 2.45) is 5.92 Å². The molecule has 2 aliphatic heterocycles. The van der Waals surface area contributed by atoms with E-state index in [2.05, 4.69) is 25.1 Å². The van der Waals surface area contributed by atoms with Gasteiger partial charge in [-0.2, -0.15) is 20.0 Å². The van der Waals surface area contributed by atoms with E-state index < -0.39 is 5.82 Å². The summed E-state index contributed by atoms with van der Waals surface area (Å²) < 4.78 is 19.3. The van der Waals surface area contributed by atoms with Gasteiger partial charge in [-0.15, -0.1) is 0 Å². The summed E-state index contributed by atoms with van der Waals surface area (Å²) in [5.41, 5.74) is 2.94. The first-order valence-corrected chi connectivity index (χ1v) is 10.5. The van der Waals surface area contributed by atoms with Gasteiger partial charge in [-0.25, -0.2) is 9.37 Å². The number of carbonyl (C=O) groups excluding carboxylic acids is 1. The fourth-order valence-electron chi connectivity index (χ4n) is 4.78. The maximum Gasteiger partial charge on any atom is 0.300 e. The molecular formula is C22H20FN7O2. The van der Waals surface area contributed by atoms with Crippen LogP contribution in [-0.2, 0) is 0 Å². The number of anilines is 1. The zero-order valence-electron chi connectivity index (χ0n) is 17.3. The monoisotopic (exact) mass is 433 g/mol. The Labute approximate surface area is 182 Å². The smallest absolute Gasteiger partial charge is 0.300 e. The Hall–Kier alpha value is -3.82. The first-order valence-electron chi connectivity index (χ1n) is 10.5. The van der Waals surface area contributed by atoms with Crippen LogP contribution in [0.2, 0.25) is 0 Å². The average molecular weight is 433 g/mol. The standard InChI is InChI=1S/C22H20FN7O2/c1-13-2-3-19(30-25-4-5-26-30)17(6-13)21(31)28-10-14-7-16(12-28)29(11-14)22-27-18-8-15(23)9-24-20(18)32-22/h2-6,8-9,14,16H,7,10-12H2,1H3. The van der Waals surface area contributed by atoms with Gasteiger partial charge in [0.2, 0.25) is 5.71 Å². The molecule has 1 amide bonds. The quantitative estimate of drug-likeness (QED) is 0.490. The van der Waals surface area contributed by atoms with Crippen molar-refractivity contribution in [3.8, 4) is 5.69 Å². The predicted octanol–water partition coefficient (Wildman–Crippen LogP) is 2.60. The number of halogens is 1. The van der Waals surface area contributed by atoms with E-state index in [9.17, 15) is 9.18 Å². The van der Waals surface area contributed by atoms with Crippen molar-refractivity contribution in [1.29, 1.82) is 0 Å². The topological polar surface area (TPSA) is 93.2 Å². The van der Waals surface area contributed by atoms with Crippen LogP contribution in [0.15, 0.2) is 47.3 Å². The van der Waals surface area contributed by atoms with E-state index in [0.29, 0.717) is 47.5 Å². The van der Waals surface area contributed by atoms with Gasteiger partial charge in [-0.1, -0.05) is 11.6 Å². The lowest BCUT2D eigenvalue weighted by molar-refractivity contribution is 0.0693. The van der Waals surface area contributed by atoms with Crippen LogP contribution in [-0.4, -0.2) is 61.4 Å². The Morgan fingerprint density at radius 2 is 2.00 bits per heavy atom. The van der Waals surface area contributed by atoms with Gasteiger partial charge in [0.1, 0.15) is 11.3 Å². The summed E-state index contributed by atoms with van der Waals surface area (Å²) in [7, 11) is 0. The molecule has 2 aliphatic rings. The molecule has 9 nitrogen and oxygen atoms in total. The molecule has 0 radical (unpaired) electrons. The summed E-state index contributed by atoms with van der Waals surface area (Å²) in [6, 6.07) is 7.52. The number of carbonyl (C=O) groups is 1. The third-order valence-corrected chi connectivity index (χ3v) is 6.16. The number of aryl methyl sites for hydroxylation is 1. The number of fused-ring (bicyclic) bond motifs is 3. The van der Waals surface area contributed by atoms with Gasteiger partial charge in [0.25, 0.3) is 11.9 Å². The largest absolute Gasteiger partial charge is 0.404 e. The minimum Gasteiger partial charge on any atom is -0.404 e. The number of rotatable bonds is 3. The third-order valence-electron chi connectivity index (χ3n) is 6.16. The second kappa shape index (κ2) is 7.11. The number of piperidine rings is 1. The molecule has 2 bridgehead atoms. The Kier molecular flexibility index (Phi) is 4.20. The molecule has 6 rings (SSSR count). The van der Waals surface area contributed by atoms with Crippen LogP contribution in [0.5, 0.6) is 0 Å². The molecule has 162 valence electrons. The summed E-state index contributed by atoms with van der Waals surface area (Å²) in [5.74, 6) is -0.192. The number of aromatic nitrogens is 5. The van der Waals surface area contributed by atoms with Crippen LogP contribution < -0.4 is 4.90 Å². The molecule has 4 aromatic rings. The van der Waals surface area contributed by atoms with Crippen molar-refractivity contribution in [2.45, 2.75) is 19.4 Å². The fourth-order valence-corrected chi connectivity index (χ4v) is 4.78. The van der Waals surface area contributed by atoms with E-state index in [-0.39, 0.29) is 11.9 Å². The number of hydrogen-bond donors (Lipinski definition) is 0. The Morgan fingerprint density at radius 3 is 2.84 bits per heavy atom. The molecule has 2 unspecified atom stereocenters. The number of amides is 1. The number of likely N-dealkylation sites (tertiary alicyclic amines) is 1. The number of pyridine rings is 1. The summed E-state index contributed by atoms with van der Waals surface area (Å²) in [6.07, 6.45) is 5.25. The van der Waals surface area contributed by atoms with Gasteiger partial charge in [-0.05, 0) is 31.4 Å². The minimum absolute atomic E-state index is 0.0427. The lowest BCUT2D eigenvalue weighted by atomic mass is 9.98. The van der Waals surface area contributed by atoms with Crippen LogP contribution in [0.25, 0.3) is 16.9 Å². The number of oxazole rings is 1. The first-order chi connectivity index (χ1) is 15.5. The number of benzene rings is 1. The zero-order chi connectivity index (χ0) is 21.8. The van der Waals surface area contributed by atoms with Crippen LogP contribution in [0.3, 0.4) is 0 Å². The van der Waals surface area contributed by atoms with Crippen molar-refractivity contribution in [1.82, 2.24) is 29.9 Å². The van der Waals surface area contributed by atoms with Gasteiger partial charge in [0.05, 0.1) is 35.9 Å². The van der Waals surface area contributed by atoms with Gasteiger partial charge in [0.15, 0.2) is 0 Å². The molecule has 0 spiro atoms. The fraction of sp³-hybridized carbons (Fsp3) is 0.318.